The van der Waals surface area contributed by atoms with E-state index in [1.54, 1.807) is 20.2 Å². The van der Waals surface area contributed by atoms with Gasteiger partial charge in [-0.3, -0.25) is 9.78 Å². The van der Waals surface area contributed by atoms with Crippen molar-refractivity contribution in [3.05, 3.63) is 23.0 Å². The molecule has 0 amide bonds. The molecule has 5 heteroatoms. The van der Waals surface area contributed by atoms with Gasteiger partial charge in [0.1, 0.15) is 5.75 Å². The van der Waals surface area contributed by atoms with E-state index in [9.17, 15) is 4.79 Å². The second kappa shape index (κ2) is 7.41. The summed E-state index contributed by atoms with van der Waals surface area (Å²) in [6, 6.07) is 0. The SMILES string of the molecule is CCOC(=O)C(CC)(CN)Cc1ncc(C)c(OC)c1C. The molecule has 0 aliphatic carbocycles. The maximum Gasteiger partial charge on any atom is 0.313 e. The average Bonchev–Trinajstić information content (AvgIpc) is 2.48. The monoisotopic (exact) mass is 294 g/mol. The lowest BCUT2D eigenvalue weighted by molar-refractivity contribution is -0.155. The third-order valence-electron chi connectivity index (χ3n) is 4.03. The van der Waals surface area contributed by atoms with Gasteiger partial charge in [-0.1, -0.05) is 6.92 Å². The topological polar surface area (TPSA) is 74.4 Å². The summed E-state index contributed by atoms with van der Waals surface area (Å²) in [4.78, 5) is 16.8. The Labute approximate surface area is 126 Å². The number of hydrogen-bond donors (Lipinski definition) is 1. The molecule has 2 N–H and O–H groups in total. The molecule has 0 aromatic carbocycles. The van der Waals surface area contributed by atoms with E-state index >= 15 is 0 Å². The molecule has 1 rings (SSSR count). The maximum absolute atomic E-state index is 12.3. The minimum Gasteiger partial charge on any atom is -0.496 e. The Morgan fingerprint density at radius 2 is 2.05 bits per heavy atom. The summed E-state index contributed by atoms with van der Waals surface area (Å²) in [6.07, 6.45) is 2.84. The first-order valence-corrected chi connectivity index (χ1v) is 7.32. The molecule has 1 unspecified atom stereocenters. The summed E-state index contributed by atoms with van der Waals surface area (Å²) in [5, 5.41) is 0. The molecule has 1 heterocycles. The van der Waals surface area contributed by atoms with Crippen LogP contribution in [0.5, 0.6) is 5.75 Å². The van der Waals surface area contributed by atoms with Crippen molar-refractivity contribution in [2.75, 3.05) is 20.3 Å². The highest BCUT2D eigenvalue weighted by Gasteiger charge is 2.38. The number of nitrogens with zero attached hydrogens (tertiary/aromatic N) is 1. The molecule has 1 aromatic rings. The van der Waals surface area contributed by atoms with Gasteiger partial charge in [-0.05, 0) is 27.2 Å². The number of aryl methyl sites for hydroxylation is 1. The summed E-state index contributed by atoms with van der Waals surface area (Å²) in [5.74, 6) is 0.557. The zero-order chi connectivity index (χ0) is 16.0. The zero-order valence-electron chi connectivity index (χ0n) is 13.7. The minimum absolute atomic E-state index is 0.236. The van der Waals surface area contributed by atoms with Crippen LogP contribution in [0.2, 0.25) is 0 Å². The molecule has 0 bridgehead atoms. The normalized spacial score (nSPS) is 13.6. The van der Waals surface area contributed by atoms with Crippen molar-refractivity contribution in [1.82, 2.24) is 4.98 Å². The molecular formula is C16H26N2O3. The van der Waals surface area contributed by atoms with Crippen LogP contribution in [0.1, 0.15) is 37.1 Å². The van der Waals surface area contributed by atoms with Gasteiger partial charge in [0.15, 0.2) is 0 Å². The fraction of sp³-hybridized carbons (Fsp3) is 0.625. The molecule has 0 aliphatic rings. The molecule has 21 heavy (non-hydrogen) atoms. The number of ether oxygens (including phenoxy) is 2. The number of aromatic nitrogens is 1. The predicted molar refractivity (Wildman–Crippen MR) is 82.4 cm³/mol. The van der Waals surface area contributed by atoms with Gasteiger partial charge in [-0.2, -0.15) is 0 Å². The van der Waals surface area contributed by atoms with Crippen molar-refractivity contribution >= 4 is 5.97 Å². The Kier molecular flexibility index (Phi) is 6.15. The van der Waals surface area contributed by atoms with Crippen molar-refractivity contribution < 1.29 is 14.3 Å². The number of methoxy groups -OCH3 is 1. The number of carbonyl (C=O) groups is 1. The molecule has 0 fully saturated rings. The highest BCUT2D eigenvalue weighted by atomic mass is 16.5. The van der Waals surface area contributed by atoms with Crippen LogP contribution in [-0.4, -0.2) is 31.2 Å². The summed E-state index contributed by atoms with van der Waals surface area (Å²) in [5.41, 5.74) is 7.92. The molecule has 0 aliphatic heterocycles. The van der Waals surface area contributed by atoms with Crippen LogP contribution in [0.25, 0.3) is 0 Å². The number of carbonyl (C=O) groups excluding carboxylic acids is 1. The zero-order valence-corrected chi connectivity index (χ0v) is 13.7. The first kappa shape index (κ1) is 17.4. The molecule has 118 valence electrons. The molecule has 0 saturated heterocycles. The third kappa shape index (κ3) is 3.53. The highest BCUT2D eigenvalue weighted by molar-refractivity contribution is 5.77. The Hall–Kier alpha value is -1.62. The van der Waals surface area contributed by atoms with E-state index in [1.165, 1.54) is 0 Å². The van der Waals surface area contributed by atoms with Gasteiger partial charge < -0.3 is 15.2 Å². The third-order valence-corrected chi connectivity index (χ3v) is 4.03. The van der Waals surface area contributed by atoms with Gasteiger partial charge in [0.05, 0.1) is 19.1 Å². The summed E-state index contributed by atoms with van der Waals surface area (Å²) in [6.45, 7) is 8.24. The fourth-order valence-electron chi connectivity index (χ4n) is 2.50. The molecular weight excluding hydrogens is 268 g/mol. The number of rotatable bonds is 7. The van der Waals surface area contributed by atoms with Gasteiger partial charge in [0.25, 0.3) is 0 Å². The number of pyridine rings is 1. The van der Waals surface area contributed by atoms with E-state index in [4.69, 9.17) is 15.2 Å². The smallest absolute Gasteiger partial charge is 0.313 e. The van der Waals surface area contributed by atoms with Crippen molar-refractivity contribution in [1.29, 1.82) is 0 Å². The second-order valence-electron chi connectivity index (χ2n) is 5.28. The van der Waals surface area contributed by atoms with Gasteiger partial charge in [-0.15, -0.1) is 0 Å². The van der Waals surface area contributed by atoms with E-state index in [-0.39, 0.29) is 12.5 Å². The lowest BCUT2D eigenvalue weighted by Crippen LogP contribution is -2.42. The minimum atomic E-state index is -0.728. The first-order chi connectivity index (χ1) is 9.95. The Morgan fingerprint density at radius 1 is 1.38 bits per heavy atom. The molecule has 0 radical (unpaired) electrons. The van der Waals surface area contributed by atoms with Crippen LogP contribution in [0, 0.1) is 19.3 Å². The summed E-state index contributed by atoms with van der Waals surface area (Å²) < 4.78 is 10.6. The van der Waals surface area contributed by atoms with Crippen LogP contribution in [0.15, 0.2) is 6.20 Å². The second-order valence-corrected chi connectivity index (χ2v) is 5.28. The molecule has 1 aromatic heterocycles. The van der Waals surface area contributed by atoms with Gasteiger partial charge >= 0.3 is 5.97 Å². The number of esters is 1. The number of nitrogens with two attached hydrogens (primary N) is 1. The van der Waals surface area contributed by atoms with Crippen LogP contribution >= 0.6 is 0 Å². The average molecular weight is 294 g/mol. The Balaban J connectivity index is 3.19. The molecule has 0 spiro atoms. The Morgan fingerprint density at radius 3 is 2.52 bits per heavy atom. The van der Waals surface area contributed by atoms with Gasteiger partial charge in [-0.25, -0.2) is 0 Å². The van der Waals surface area contributed by atoms with E-state index < -0.39 is 5.41 Å². The van der Waals surface area contributed by atoms with E-state index in [2.05, 4.69) is 4.98 Å². The van der Waals surface area contributed by atoms with Crippen molar-refractivity contribution in [3.8, 4) is 5.75 Å². The predicted octanol–water partition coefficient (Wildman–Crippen LogP) is 2.17. The van der Waals surface area contributed by atoms with Crippen molar-refractivity contribution in [2.45, 2.75) is 40.5 Å². The maximum atomic E-state index is 12.3. The van der Waals surface area contributed by atoms with Crippen LogP contribution < -0.4 is 10.5 Å². The molecule has 0 saturated carbocycles. The van der Waals surface area contributed by atoms with E-state index in [0.717, 1.165) is 22.6 Å². The fourth-order valence-corrected chi connectivity index (χ4v) is 2.50. The molecule has 1 atom stereocenters. The Bertz CT molecular complexity index is 497. The van der Waals surface area contributed by atoms with Gasteiger partial charge in [0.2, 0.25) is 0 Å². The van der Waals surface area contributed by atoms with Crippen molar-refractivity contribution in [3.63, 3.8) is 0 Å². The quantitative estimate of drug-likeness (QED) is 0.780. The number of hydrogen-bond acceptors (Lipinski definition) is 5. The first-order valence-electron chi connectivity index (χ1n) is 7.32. The van der Waals surface area contributed by atoms with E-state index in [1.807, 2.05) is 20.8 Å². The highest BCUT2D eigenvalue weighted by Crippen LogP contribution is 2.32. The van der Waals surface area contributed by atoms with E-state index in [0.29, 0.717) is 19.4 Å². The van der Waals surface area contributed by atoms with Crippen LogP contribution in [0.4, 0.5) is 0 Å². The standard InChI is InChI=1S/C16H26N2O3/c1-6-16(10-17,15(19)21-7-2)8-13-12(4)14(20-5)11(3)9-18-13/h9H,6-8,10,17H2,1-5H3. The van der Waals surface area contributed by atoms with Crippen molar-refractivity contribution in [2.24, 2.45) is 11.1 Å². The van der Waals surface area contributed by atoms with Crippen LogP contribution in [-0.2, 0) is 16.0 Å². The lowest BCUT2D eigenvalue weighted by Gasteiger charge is -2.29. The summed E-state index contributed by atoms with van der Waals surface area (Å²) in [7, 11) is 1.64. The largest absolute Gasteiger partial charge is 0.496 e. The van der Waals surface area contributed by atoms with Crippen LogP contribution in [0.3, 0.4) is 0 Å². The lowest BCUT2D eigenvalue weighted by atomic mass is 9.79. The van der Waals surface area contributed by atoms with Gasteiger partial charge in [0, 0.05) is 36.0 Å². The summed E-state index contributed by atoms with van der Waals surface area (Å²) >= 11 is 0. The molecule has 5 nitrogen and oxygen atoms in total.